The van der Waals surface area contributed by atoms with Crippen molar-refractivity contribution in [3.05, 3.63) is 0 Å². The Morgan fingerprint density at radius 3 is 2.18 bits per heavy atom. The SMILES string of the molecule is NC(=O)OC1CCCCN1O.O=C(O)N(O)N1CCCCC1. The molecule has 2 heterocycles. The monoisotopic (exact) mass is 320 g/mol. The van der Waals surface area contributed by atoms with E-state index in [2.05, 4.69) is 4.74 Å². The summed E-state index contributed by atoms with van der Waals surface area (Å²) in [5.41, 5.74) is 4.79. The number of nitrogens with zero attached hydrogens (tertiary/aromatic N) is 3. The number of hydrazine groups is 1. The molecule has 2 aliphatic heterocycles. The lowest BCUT2D eigenvalue weighted by Gasteiger charge is -2.30. The molecule has 2 saturated heterocycles. The lowest BCUT2D eigenvalue weighted by molar-refractivity contribution is -0.216. The first-order chi connectivity index (χ1) is 10.4. The van der Waals surface area contributed by atoms with Crippen molar-refractivity contribution < 1.29 is 29.8 Å². The molecule has 128 valence electrons. The molecular formula is C12H24N4O6. The van der Waals surface area contributed by atoms with E-state index in [1.165, 1.54) is 5.01 Å². The van der Waals surface area contributed by atoms with E-state index in [1.807, 2.05) is 0 Å². The van der Waals surface area contributed by atoms with Crippen molar-refractivity contribution in [1.82, 2.24) is 15.2 Å². The molecule has 2 amide bonds. The van der Waals surface area contributed by atoms with Gasteiger partial charge in [-0.05, 0) is 25.7 Å². The van der Waals surface area contributed by atoms with Crippen molar-refractivity contribution in [2.45, 2.75) is 44.8 Å². The second kappa shape index (κ2) is 9.41. The summed E-state index contributed by atoms with van der Waals surface area (Å²) in [7, 11) is 0. The van der Waals surface area contributed by atoms with Crippen LogP contribution in [0, 0.1) is 0 Å². The normalized spacial score (nSPS) is 23.1. The minimum absolute atomic E-state index is 0.277. The van der Waals surface area contributed by atoms with Crippen molar-refractivity contribution in [2.75, 3.05) is 19.6 Å². The zero-order valence-corrected chi connectivity index (χ0v) is 12.4. The van der Waals surface area contributed by atoms with Gasteiger partial charge in [0.1, 0.15) is 0 Å². The van der Waals surface area contributed by atoms with Crippen molar-refractivity contribution in [1.29, 1.82) is 0 Å². The molecule has 0 saturated carbocycles. The second-order valence-corrected chi connectivity index (χ2v) is 5.14. The van der Waals surface area contributed by atoms with Crippen molar-refractivity contribution in [3.8, 4) is 0 Å². The molecule has 0 bridgehead atoms. The van der Waals surface area contributed by atoms with Gasteiger partial charge in [-0.3, -0.25) is 5.21 Å². The number of rotatable bonds is 2. The summed E-state index contributed by atoms with van der Waals surface area (Å²) < 4.78 is 4.62. The molecule has 10 heteroatoms. The molecule has 1 unspecified atom stereocenters. The van der Waals surface area contributed by atoms with Gasteiger partial charge in [0.05, 0.1) is 0 Å². The van der Waals surface area contributed by atoms with Gasteiger partial charge >= 0.3 is 12.2 Å². The van der Waals surface area contributed by atoms with E-state index in [-0.39, 0.29) is 5.17 Å². The Bertz CT molecular complexity index is 361. The summed E-state index contributed by atoms with van der Waals surface area (Å²) >= 11 is 0. The maximum absolute atomic E-state index is 10.3. The van der Waals surface area contributed by atoms with Crippen LogP contribution in [0.2, 0.25) is 0 Å². The molecule has 2 fully saturated rings. The van der Waals surface area contributed by atoms with Gasteiger partial charge in [0.25, 0.3) is 0 Å². The van der Waals surface area contributed by atoms with E-state index < -0.39 is 18.4 Å². The van der Waals surface area contributed by atoms with E-state index in [0.717, 1.165) is 37.2 Å². The zero-order valence-electron chi connectivity index (χ0n) is 12.4. The van der Waals surface area contributed by atoms with Crippen molar-refractivity contribution >= 4 is 12.2 Å². The standard InChI is InChI=1S/2C6H12N2O3/c7-6(9)11-5-3-1-2-4-8(5)10;9-6(10)8(11)7-4-2-1-3-5-7/h5,10H,1-4H2,(H2,7,9);11H,1-5H2,(H,9,10). The zero-order chi connectivity index (χ0) is 16.5. The third-order valence-electron chi connectivity index (χ3n) is 3.44. The summed E-state index contributed by atoms with van der Waals surface area (Å²) in [4.78, 5) is 20.5. The molecule has 0 spiro atoms. The molecule has 0 aromatic carbocycles. The molecule has 10 nitrogen and oxygen atoms in total. The number of ether oxygens (including phenoxy) is 1. The van der Waals surface area contributed by atoms with Crippen LogP contribution in [0.4, 0.5) is 9.59 Å². The molecule has 0 aromatic heterocycles. The smallest absolute Gasteiger partial charge is 0.447 e. The van der Waals surface area contributed by atoms with Crippen molar-refractivity contribution in [2.24, 2.45) is 5.73 Å². The summed E-state index contributed by atoms with van der Waals surface area (Å²) in [5, 5.41) is 29.1. The Kier molecular flexibility index (Phi) is 7.88. The molecule has 2 rings (SSSR count). The lowest BCUT2D eigenvalue weighted by Crippen LogP contribution is -2.46. The second-order valence-electron chi connectivity index (χ2n) is 5.14. The van der Waals surface area contributed by atoms with Gasteiger partial charge in [-0.15, -0.1) is 5.17 Å². The molecular weight excluding hydrogens is 296 g/mol. The number of hydrogen-bond acceptors (Lipinski definition) is 7. The number of primary amides is 1. The number of nitrogens with two attached hydrogens (primary N) is 1. The largest absolute Gasteiger partial charge is 0.462 e. The van der Waals surface area contributed by atoms with E-state index in [9.17, 15) is 9.59 Å². The number of amides is 2. The minimum atomic E-state index is -1.31. The van der Waals surface area contributed by atoms with Gasteiger partial charge in [-0.25, -0.2) is 9.59 Å². The lowest BCUT2D eigenvalue weighted by atomic mass is 10.1. The number of carbonyl (C=O) groups excluding carboxylic acids is 1. The number of piperidine rings is 2. The predicted molar refractivity (Wildman–Crippen MR) is 73.9 cm³/mol. The fraction of sp³-hybridized carbons (Fsp3) is 0.833. The van der Waals surface area contributed by atoms with Crippen LogP contribution in [0.15, 0.2) is 0 Å². The third kappa shape index (κ3) is 6.43. The molecule has 5 N–H and O–H groups in total. The summed E-state index contributed by atoms with van der Waals surface area (Å²) in [6.45, 7) is 1.80. The van der Waals surface area contributed by atoms with Crippen LogP contribution >= 0.6 is 0 Å². The number of hydroxylamine groups is 3. The Morgan fingerprint density at radius 2 is 1.68 bits per heavy atom. The molecule has 2 aliphatic rings. The van der Waals surface area contributed by atoms with Gasteiger partial charge in [0, 0.05) is 26.1 Å². The van der Waals surface area contributed by atoms with E-state index in [1.54, 1.807) is 0 Å². The highest BCUT2D eigenvalue weighted by atomic mass is 16.6. The number of carbonyl (C=O) groups is 2. The predicted octanol–water partition coefficient (Wildman–Crippen LogP) is 1.04. The summed E-state index contributed by atoms with van der Waals surface area (Å²) in [6.07, 6.45) is 2.85. The maximum atomic E-state index is 10.3. The summed E-state index contributed by atoms with van der Waals surface area (Å²) in [5.74, 6) is 0. The highest BCUT2D eigenvalue weighted by molar-refractivity contribution is 5.64. The molecule has 0 aliphatic carbocycles. The molecule has 22 heavy (non-hydrogen) atoms. The topological polar surface area (TPSA) is 140 Å². The van der Waals surface area contributed by atoms with Gasteiger partial charge in [-0.1, -0.05) is 6.42 Å². The minimum Gasteiger partial charge on any atom is -0.462 e. The van der Waals surface area contributed by atoms with Crippen LogP contribution in [-0.2, 0) is 4.74 Å². The van der Waals surface area contributed by atoms with Crippen LogP contribution in [0.1, 0.15) is 38.5 Å². The number of hydrogen-bond donors (Lipinski definition) is 4. The van der Waals surface area contributed by atoms with Gasteiger partial charge < -0.3 is 20.8 Å². The third-order valence-corrected chi connectivity index (χ3v) is 3.44. The van der Waals surface area contributed by atoms with Crippen LogP contribution < -0.4 is 5.73 Å². The maximum Gasteiger partial charge on any atom is 0.447 e. The quantitative estimate of drug-likeness (QED) is 0.437. The average molecular weight is 320 g/mol. The van der Waals surface area contributed by atoms with Gasteiger partial charge in [0.15, 0.2) is 6.23 Å². The van der Waals surface area contributed by atoms with Gasteiger partial charge in [0.2, 0.25) is 0 Å². The highest BCUT2D eigenvalue weighted by Crippen LogP contribution is 2.15. The summed E-state index contributed by atoms with van der Waals surface area (Å²) in [6, 6.07) is 0. The fourth-order valence-electron chi connectivity index (χ4n) is 2.33. The fourth-order valence-corrected chi connectivity index (χ4v) is 2.33. The van der Waals surface area contributed by atoms with Crippen LogP contribution in [0.5, 0.6) is 0 Å². The van der Waals surface area contributed by atoms with Crippen LogP contribution in [0.3, 0.4) is 0 Å². The molecule has 1 atom stereocenters. The average Bonchev–Trinajstić information content (AvgIpc) is 2.50. The first-order valence-corrected chi connectivity index (χ1v) is 7.30. The Hall–Kier alpha value is -1.62. The molecule has 0 aromatic rings. The number of carboxylic acid groups (broad SMARTS) is 1. The van der Waals surface area contributed by atoms with Crippen LogP contribution in [0.25, 0.3) is 0 Å². The molecule has 0 radical (unpaired) electrons. The Labute approximate surface area is 128 Å². The van der Waals surface area contributed by atoms with Crippen molar-refractivity contribution in [3.63, 3.8) is 0 Å². The highest BCUT2D eigenvalue weighted by Gasteiger charge is 2.23. The first-order valence-electron chi connectivity index (χ1n) is 7.30. The van der Waals surface area contributed by atoms with E-state index in [0.29, 0.717) is 26.1 Å². The van der Waals surface area contributed by atoms with Crippen LogP contribution in [-0.4, -0.2) is 68.8 Å². The Balaban J connectivity index is 0.000000220. The first kappa shape index (κ1) is 18.4. The van der Waals surface area contributed by atoms with E-state index in [4.69, 9.17) is 21.3 Å². The van der Waals surface area contributed by atoms with E-state index >= 15 is 0 Å². The van der Waals surface area contributed by atoms with Gasteiger partial charge in [-0.2, -0.15) is 10.1 Å². The Morgan fingerprint density at radius 1 is 1.09 bits per heavy atom.